The summed E-state index contributed by atoms with van der Waals surface area (Å²) in [7, 11) is 0. The molecule has 0 bridgehead atoms. The van der Waals surface area contributed by atoms with Gasteiger partial charge in [0.15, 0.2) is 5.69 Å². The molecule has 120 valence electrons. The molecule has 0 radical (unpaired) electrons. The van der Waals surface area contributed by atoms with Crippen LogP contribution in [0, 0.1) is 6.92 Å². The summed E-state index contributed by atoms with van der Waals surface area (Å²) in [5.41, 5.74) is 2.14. The molecule has 1 amide bonds. The fourth-order valence-electron chi connectivity index (χ4n) is 2.38. The van der Waals surface area contributed by atoms with E-state index in [1.165, 1.54) is 6.07 Å². The van der Waals surface area contributed by atoms with Crippen molar-refractivity contribution in [2.45, 2.75) is 6.92 Å². The number of aromatic carboxylic acids is 1. The molecule has 0 fully saturated rings. The molecule has 0 aliphatic rings. The lowest BCUT2D eigenvalue weighted by molar-refractivity contribution is 0.0698. The SMILES string of the molecule is Cc1cc(C(=O)Nc2ccccc2C(=O)O)nn1-c1ccccc1. The number of carbonyl (C=O) groups excluding carboxylic acids is 1. The van der Waals surface area contributed by atoms with Crippen molar-refractivity contribution < 1.29 is 14.7 Å². The van der Waals surface area contributed by atoms with Gasteiger partial charge in [-0.15, -0.1) is 0 Å². The molecule has 1 heterocycles. The topological polar surface area (TPSA) is 84.2 Å². The molecule has 2 N–H and O–H groups in total. The third-order valence-electron chi connectivity index (χ3n) is 3.53. The standard InChI is InChI=1S/C18H15N3O3/c1-12-11-16(20-21(12)13-7-3-2-4-8-13)17(22)19-15-10-6-5-9-14(15)18(23)24/h2-11H,1H3,(H,19,22)(H,23,24). The van der Waals surface area contributed by atoms with Gasteiger partial charge in [-0.05, 0) is 37.3 Å². The number of rotatable bonds is 4. The molecule has 3 aromatic rings. The third-order valence-corrected chi connectivity index (χ3v) is 3.53. The molecular formula is C18H15N3O3. The number of hydrogen-bond acceptors (Lipinski definition) is 3. The minimum absolute atomic E-state index is 0.0325. The third kappa shape index (κ3) is 3.03. The van der Waals surface area contributed by atoms with E-state index in [1.54, 1.807) is 28.9 Å². The number of para-hydroxylation sites is 2. The van der Waals surface area contributed by atoms with Crippen molar-refractivity contribution in [3.8, 4) is 5.69 Å². The van der Waals surface area contributed by atoms with Crippen LogP contribution in [0.2, 0.25) is 0 Å². The number of carboxylic acids is 1. The summed E-state index contributed by atoms with van der Waals surface area (Å²) in [6.07, 6.45) is 0. The number of carboxylic acid groups (broad SMARTS) is 1. The first-order chi connectivity index (χ1) is 11.6. The van der Waals surface area contributed by atoms with Crippen molar-refractivity contribution >= 4 is 17.6 Å². The largest absolute Gasteiger partial charge is 0.478 e. The molecule has 0 spiro atoms. The molecule has 0 aliphatic heterocycles. The van der Waals surface area contributed by atoms with Crippen LogP contribution in [0.3, 0.4) is 0 Å². The second-order valence-corrected chi connectivity index (χ2v) is 5.22. The summed E-state index contributed by atoms with van der Waals surface area (Å²) in [5.74, 6) is -1.56. The number of carbonyl (C=O) groups is 2. The summed E-state index contributed by atoms with van der Waals surface area (Å²) in [4.78, 5) is 23.6. The Hall–Kier alpha value is -3.41. The van der Waals surface area contributed by atoms with Crippen molar-refractivity contribution in [3.05, 3.63) is 77.6 Å². The van der Waals surface area contributed by atoms with E-state index in [0.29, 0.717) is 0 Å². The van der Waals surface area contributed by atoms with Crippen LogP contribution in [0.4, 0.5) is 5.69 Å². The Labute approximate surface area is 138 Å². The maximum absolute atomic E-state index is 12.4. The Morgan fingerprint density at radius 2 is 1.71 bits per heavy atom. The van der Waals surface area contributed by atoms with E-state index in [2.05, 4.69) is 10.4 Å². The van der Waals surface area contributed by atoms with Crippen LogP contribution in [0.1, 0.15) is 26.5 Å². The fraction of sp³-hybridized carbons (Fsp3) is 0.0556. The molecule has 6 heteroatoms. The smallest absolute Gasteiger partial charge is 0.337 e. The zero-order chi connectivity index (χ0) is 17.1. The van der Waals surface area contributed by atoms with Crippen LogP contribution in [0.5, 0.6) is 0 Å². The number of hydrogen-bond donors (Lipinski definition) is 2. The molecule has 1 aromatic heterocycles. The van der Waals surface area contributed by atoms with Crippen molar-refractivity contribution in [1.29, 1.82) is 0 Å². The number of amides is 1. The predicted octanol–water partition coefficient (Wildman–Crippen LogP) is 3.13. The average Bonchev–Trinajstić information content (AvgIpc) is 2.98. The van der Waals surface area contributed by atoms with Crippen LogP contribution in [-0.4, -0.2) is 26.8 Å². The second kappa shape index (κ2) is 6.37. The van der Waals surface area contributed by atoms with Gasteiger partial charge in [-0.25, -0.2) is 9.48 Å². The van der Waals surface area contributed by atoms with E-state index >= 15 is 0 Å². The van der Waals surface area contributed by atoms with Gasteiger partial charge in [-0.3, -0.25) is 4.79 Å². The van der Waals surface area contributed by atoms with Gasteiger partial charge in [-0.2, -0.15) is 5.10 Å². The highest BCUT2D eigenvalue weighted by Gasteiger charge is 2.16. The van der Waals surface area contributed by atoms with Gasteiger partial charge in [0, 0.05) is 5.69 Å². The van der Waals surface area contributed by atoms with E-state index < -0.39 is 11.9 Å². The van der Waals surface area contributed by atoms with E-state index in [9.17, 15) is 14.7 Å². The van der Waals surface area contributed by atoms with Crippen LogP contribution in [0.25, 0.3) is 5.69 Å². The van der Waals surface area contributed by atoms with Gasteiger partial charge < -0.3 is 10.4 Å². The second-order valence-electron chi connectivity index (χ2n) is 5.22. The maximum Gasteiger partial charge on any atom is 0.337 e. The Bertz CT molecular complexity index is 901. The molecule has 0 atom stereocenters. The quantitative estimate of drug-likeness (QED) is 0.773. The highest BCUT2D eigenvalue weighted by Crippen LogP contribution is 2.17. The van der Waals surface area contributed by atoms with E-state index in [4.69, 9.17) is 0 Å². The Morgan fingerprint density at radius 1 is 1.04 bits per heavy atom. The summed E-state index contributed by atoms with van der Waals surface area (Å²) in [5, 5.41) is 16.1. The molecule has 0 saturated carbocycles. The van der Waals surface area contributed by atoms with Gasteiger partial charge >= 0.3 is 5.97 Å². The molecule has 3 rings (SSSR count). The number of aromatic nitrogens is 2. The Balaban J connectivity index is 1.88. The first-order valence-electron chi connectivity index (χ1n) is 7.32. The summed E-state index contributed by atoms with van der Waals surface area (Å²) < 4.78 is 1.66. The number of aryl methyl sites for hydroxylation is 1. The lowest BCUT2D eigenvalue weighted by atomic mass is 10.2. The first-order valence-corrected chi connectivity index (χ1v) is 7.32. The molecule has 2 aromatic carbocycles. The van der Waals surface area contributed by atoms with E-state index in [0.717, 1.165) is 11.4 Å². The minimum atomic E-state index is -1.10. The van der Waals surface area contributed by atoms with Crippen LogP contribution in [0.15, 0.2) is 60.7 Å². The fourth-order valence-corrected chi connectivity index (χ4v) is 2.38. The van der Waals surface area contributed by atoms with Crippen molar-refractivity contribution in [3.63, 3.8) is 0 Å². The Kier molecular flexibility index (Phi) is 4.11. The Morgan fingerprint density at radius 3 is 2.42 bits per heavy atom. The number of anilines is 1. The normalized spacial score (nSPS) is 10.4. The predicted molar refractivity (Wildman–Crippen MR) is 89.7 cm³/mol. The lowest BCUT2D eigenvalue weighted by Crippen LogP contribution is -2.15. The molecule has 6 nitrogen and oxygen atoms in total. The monoisotopic (exact) mass is 321 g/mol. The zero-order valence-electron chi connectivity index (χ0n) is 12.9. The average molecular weight is 321 g/mol. The van der Waals surface area contributed by atoms with Crippen LogP contribution < -0.4 is 5.32 Å². The van der Waals surface area contributed by atoms with Gasteiger partial charge in [-0.1, -0.05) is 30.3 Å². The van der Waals surface area contributed by atoms with Gasteiger partial charge in [0.2, 0.25) is 0 Å². The van der Waals surface area contributed by atoms with Crippen molar-refractivity contribution in [2.75, 3.05) is 5.32 Å². The highest BCUT2D eigenvalue weighted by atomic mass is 16.4. The number of nitrogens with one attached hydrogen (secondary N) is 1. The lowest BCUT2D eigenvalue weighted by Gasteiger charge is -2.06. The summed E-state index contributed by atoms with van der Waals surface area (Å²) >= 11 is 0. The molecule has 24 heavy (non-hydrogen) atoms. The zero-order valence-corrected chi connectivity index (χ0v) is 12.9. The molecule has 0 unspecified atom stereocenters. The number of nitrogens with zero attached hydrogens (tertiary/aromatic N) is 2. The van der Waals surface area contributed by atoms with Gasteiger partial charge in [0.1, 0.15) is 0 Å². The van der Waals surface area contributed by atoms with Crippen molar-refractivity contribution in [2.24, 2.45) is 0 Å². The maximum atomic E-state index is 12.4. The highest BCUT2D eigenvalue weighted by molar-refractivity contribution is 6.06. The first kappa shape index (κ1) is 15.5. The minimum Gasteiger partial charge on any atom is -0.478 e. The van der Waals surface area contributed by atoms with Crippen LogP contribution in [-0.2, 0) is 0 Å². The van der Waals surface area contributed by atoms with E-state index in [1.807, 2.05) is 37.3 Å². The molecular weight excluding hydrogens is 306 g/mol. The van der Waals surface area contributed by atoms with Crippen LogP contribution >= 0.6 is 0 Å². The van der Waals surface area contributed by atoms with Gasteiger partial charge in [0.25, 0.3) is 5.91 Å². The van der Waals surface area contributed by atoms with Crippen molar-refractivity contribution in [1.82, 2.24) is 9.78 Å². The number of benzene rings is 2. The summed E-state index contributed by atoms with van der Waals surface area (Å²) in [6, 6.07) is 17.4. The molecule has 0 saturated heterocycles. The van der Waals surface area contributed by atoms with E-state index in [-0.39, 0.29) is 16.9 Å². The molecule has 0 aliphatic carbocycles. The summed E-state index contributed by atoms with van der Waals surface area (Å²) in [6.45, 7) is 1.85. The van der Waals surface area contributed by atoms with Gasteiger partial charge in [0.05, 0.1) is 16.9 Å².